The lowest BCUT2D eigenvalue weighted by Crippen LogP contribution is -2.20. The number of aromatic hydroxyl groups is 1. The maximum absolute atomic E-state index is 12.3. The summed E-state index contributed by atoms with van der Waals surface area (Å²) in [5, 5.41) is 18.5. The van der Waals surface area contributed by atoms with Crippen LogP contribution in [0.4, 0.5) is 13.2 Å². The Morgan fingerprint density at radius 2 is 2.04 bits per heavy atom. The molecule has 0 spiro atoms. The summed E-state index contributed by atoms with van der Waals surface area (Å²) in [4.78, 5) is 0. The van der Waals surface area contributed by atoms with Gasteiger partial charge >= 0.3 is 6.36 Å². The van der Waals surface area contributed by atoms with Crippen molar-refractivity contribution in [1.29, 1.82) is 0 Å². The topological polar surface area (TPSA) is 64.5 Å². The van der Waals surface area contributed by atoms with E-state index in [-0.39, 0.29) is 28.7 Å². The van der Waals surface area contributed by atoms with Crippen LogP contribution in [0, 0.1) is 0 Å². The third kappa shape index (κ3) is 3.00. The van der Waals surface area contributed by atoms with Crippen molar-refractivity contribution < 1.29 is 27.8 Å². The number of phenolic OH excluding ortho intramolecular Hbond substituents is 1. The summed E-state index contributed by atoms with van der Waals surface area (Å²) >= 11 is 6.16. The van der Waals surface area contributed by atoms with E-state index in [1.807, 2.05) is 0 Å². The highest BCUT2D eigenvalue weighted by molar-refractivity contribution is 6.30. The molecule has 132 valence electrons. The fraction of sp³-hybridized carbons (Fsp3) is 0.375. The SMILES string of the molecule is Oc1cc(OC(F)(F)F)ccc1-c1nnc(Cl)c2c1C1CCC(C2)O1. The first-order valence-corrected chi connectivity index (χ1v) is 7.99. The lowest BCUT2D eigenvalue weighted by atomic mass is 9.94. The van der Waals surface area contributed by atoms with Crippen LogP contribution in [-0.2, 0) is 11.2 Å². The van der Waals surface area contributed by atoms with Crippen LogP contribution in [-0.4, -0.2) is 27.8 Å². The molecule has 5 nitrogen and oxygen atoms in total. The Balaban J connectivity index is 1.79. The van der Waals surface area contributed by atoms with Crippen LogP contribution in [0.25, 0.3) is 11.3 Å². The van der Waals surface area contributed by atoms with E-state index in [0.717, 1.165) is 36.1 Å². The number of phenols is 1. The van der Waals surface area contributed by atoms with Gasteiger partial charge in [-0.15, -0.1) is 23.4 Å². The Bertz CT molecular complexity index is 844. The van der Waals surface area contributed by atoms with E-state index < -0.39 is 12.1 Å². The predicted molar refractivity (Wildman–Crippen MR) is 81.4 cm³/mol. The van der Waals surface area contributed by atoms with Gasteiger partial charge in [-0.2, -0.15) is 0 Å². The van der Waals surface area contributed by atoms with Crippen molar-refractivity contribution in [3.63, 3.8) is 0 Å². The molecule has 1 saturated heterocycles. The van der Waals surface area contributed by atoms with Crippen LogP contribution in [0.5, 0.6) is 11.5 Å². The van der Waals surface area contributed by atoms with Crippen molar-refractivity contribution >= 4 is 11.6 Å². The molecule has 0 radical (unpaired) electrons. The van der Waals surface area contributed by atoms with Crippen molar-refractivity contribution in [3.05, 3.63) is 34.5 Å². The number of fused-ring (bicyclic) bond motifs is 4. The van der Waals surface area contributed by atoms with Gasteiger partial charge in [-0.05, 0) is 25.0 Å². The lowest BCUT2D eigenvalue weighted by molar-refractivity contribution is -0.274. The van der Waals surface area contributed by atoms with Crippen LogP contribution >= 0.6 is 11.6 Å². The van der Waals surface area contributed by atoms with Crippen molar-refractivity contribution in [1.82, 2.24) is 10.2 Å². The molecule has 2 aliphatic heterocycles. The quantitative estimate of drug-likeness (QED) is 0.856. The fourth-order valence-corrected chi connectivity index (χ4v) is 3.62. The van der Waals surface area contributed by atoms with Gasteiger partial charge in [0.1, 0.15) is 17.2 Å². The van der Waals surface area contributed by atoms with Gasteiger partial charge in [-0.3, -0.25) is 0 Å². The van der Waals surface area contributed by atoms with Crippen LogP contribution < -0.4 is 4.74 Å². The van der Waals surface area contributed by atoms with Crippen LogP contribution in [0.15, 0.2) is 18.2 Å². The van der Waals surface area contributed by atoms with Gasteiger partial charge in [0.25, 0.3) is 0 Å². The molecular formula is C16H12ClF3N2O3. The predicted octanol–water partition coefficient (Wildman–Crippen LogP) is 4.18. The number of nitrogens with zero attached hydrogens (tertiary/aromatic N) is 2. The normalized spacial score (nSPS) is 21.9. The van der Waals surface area contributed by atoms with E-state index in [2.05, 4.69) is 14.9 Å². The number of hydrogen-bond acceptors (Lipinski definition) is 5. The lowest BCUT2D eigenvalue weighted by Gasteiger charge is -2.26. The minimum Gasteiger partial charge on any atom is -0.507 e. The van der Waals surface area contributed by atoms with Gasteiger partial charge in [0, 0.05) is 29.2 Å². The molecule has 1 aromatic carbocycles. The Kier molecular flexibility index (Phi) is 3.77. The molecule has 2 atom stereocenters. The number of hydrogen-bond donors (Lipinski definition) is 1. The van der Waals surface area contributed by atoms with Crippen molar-refractivity contribution in [3.8, 4) is 22.8 Å². The van der Waals surface area contributed by atoms with Crippen LogP contribution in [0.3, 0.4) is 0 Å². The summed E-state index contributed by atoms with van der Waals surface area (Å²) in [5.41, 5.74) is 2.18. The Morgan fingerprint density at radius 1 is 1.24 bits per heavy atom. The average molecular weight is 373 g/mol. The zero-order chi connectivity index (χ0) is 17.8. The molecule has 9 heteroatoms. The summed E-state index contributed by atoms with van der Waals surface area (Å²) in [6, 6.07) is 3.33. The average Bonchev–Trinajstić information content (AvgIpc) is 2.89. The molecule has 0 amide bonds. The van der Waals surface area contributed by atoms with Gasteiger partial charge < -0.3 is 14.6 Å². The fourth-order valence-electron chi connectivity index (χ4n) is 3.41. The van der Waals surface area contributed by atoms with Gasteiger partial charge in [0.05, 0.1) is 12.2 Å². The van der Waals surface area contributed by atoms with Crippen molar-refractivity contribution in [2.75, 3.05) is 0 Å². The number of rotatable bonds is 2. The monoisotopic (exact) mass is 372 g/mol. The second-order valence-corrected chi connectivity index (χ2v) is 6.34. The number of halogens is 4. The number of aromatic nitrogens is 2. The molecule has 1 N–H and O–H groups in total. The first kappa shape index (κ1) is 16.4. The molecule has 1 fully saturated rings. The summed E-state index contributed by atoms with van der Waals surface area (Å²) in [6.45, 7) is 0. The number of ether oxygens (including phenoxy) is 2. The minimum absolute atomic E-state index is 0.0863. The molecule has 0 aliphatic carbocycles. The Labute approximate surface area is 145 Å². The molecule has 2 unspecified atom stereocenters. The summed E-state index contributed by atoms with van der Waals surface area (Å²) < 4.78 is 46.6. The van der Waals surface area contributed by atoms with E-state index in [1.54, 1.807) is 0 Å². The van der Waals surface area contributed by atoms with Gasteiger partial charge in [-0.1, -0.05) is 11.6 Å². The van der Waals surface area contributed by atoms with E-state index in [0.29, 0.717) is 12.1 Å². The highest BCUT2D eigenvalue weighted by Crippen LogP contribution is 2.47. The van der Waals surface area contributed by atoms with Gasteiger partial charge in [-0.25, -0.2) is 0 Å². The summed E-state index contributed by atoms with van der Waals surface area (Å²) in [5.74, 6) is -0.901. The molecule has 2 bridgehead atoms. The van der Waals surface area contributed by atoms with Crippen LogP contribution in [0.1, 0.15) is 30.1 Å². The minimum atomic E-state index is -4.83. The molecule has 2 aromatic rings. The molecule has 4 rings (SSSR count). The molecule has 3 heterocycles. The zero-order valence-electron chi connectivity index (χ0n) is 12.7. The molecule has 2 aliphatic rings. The first-order valence-electron chi connectivity index (χ1n) is 7.61. The number of alkyl halides is 3. The maximum Gasteiger partial charge on any atom is 0.573 e. The molecule has 1 aromatic heterocycles. The highest BCUT2D eigenvalue weighted by Gasteiger charge is 2.38. The van der Waals surface area contributed by atoms with E-state index in [4.69, 9.17) is 16.3 Å². The van der Waals surface area contributed by atoms with E-state index >= 15 is 0 Å². The van der Waals surface area contributed by atoms with Crippen molar-refractivity contribution in [2.45, 2.75) is 37.8 Å². The smallest absolute Gasteiger partial charge is 0.507 e. The maximum atomic E-state index is 12.3. The Morgan fingerprint density at radius 3 is 2.76 bits per heavy atom. The molecule has 0 saturated carbocycles. The van der Waals surface area contributed by atoms with E-state index in [9.17, 15) is 18.3 Å². The van der Waals surface area contributed by atoms with Crippen LogP contribution in [0.2, 0.25) is 5.15 Å². The zero-order valence-corrected chi connectivity index (χ0v) is 13.4. The Hall–Kier alpha value is -2.06. The second-order valence-electron chi connectivity index (χ2n) is 5.99. The molecule has 25 heavy (non-hydrogen) atoms. The third-order valence-corrected chi connectivity index (χ3v) is 4.69. The number of benzene rings is 1. The van der Waals surface area contributed by atoms with Crippen molar-refractivity contribution in [2.24, 2.45) is 0 Å². The second kappa shape index (κ2) is 5.74. The summed E-state index contributed by atoms with van der Waals surface area (Å²) in [6.07, 6.45) is -2.67. The standard InChI is InChI=1S/C16H12ClF3N2O3/c17-15-10-5-7-2-4-12(24-7)13(10)14(21-22-15)9-3-1-8(6-11(9)23)25-16(18,19)20/h1,3,6-7,12,23H,2,4-5H2. The largest absolute Gasteiger partial charge is 0.573 e. The van der Waals surface area contributed by atoms with E-state index in [1.165, 1.54) is 6.07 Å². The first-order chi connectivity index (χ1) is 11.8. The van der Waals surface area contributed by atoms with Gasteiger partial charge in [0.15, 0.2) is 5.15 Å². The molecular weight excluding hydrogens is 361 g/mol. The highest BCUT2D eigenvalue weighted by atomic mass is 35.5. The summed E-state index contributed by atoms with van der Waals surface area (Å²) in [7, 11) is 0. The van der Waals surface area contributed by atoms with Gasteiger partial charge in [0.2, 0.25) is 0 Å². The third-order valence-electron chi connectivity index (χ3n) is 4.39.